The predicted octanol–water partition coefficient (Wildman–Crippen LogP) is 5.31. The van der Waals surface area contributed by atoms with Crippen LogP contribution >= 0.6 is 35.6 Å². The van der Waals surface area contributed by atoms with E-state index in [1.807, 2.05) is 42.5 Å². The van der Waals surface area contributed by atoms with E-state index in [-0.39, 0.29) is 5.91 Å². The number of nitrogens with zero attached hydrogens (tertiary/aromatic N) is 1. The van der Waals surface area contributed by atoms with Crippen LogP contribution in [0.5, 0.6) is 0 Å². The Labute approximate surface area is 150 Å². The summed E-state index contributed by atoms with van der Waals surface area (Å²) in [5, 5.41) is 0.673. The summed E-state index contributed by atoms with van der Waals surface area (Å²) in [5.41, 5.74) is 2.91. The summed E-state index contributed by atoms with van der Waals surface area (Å²) >= 11 is 12.7. The Balaban J connectivity index is 1.95. The van der Waals surface area contributed by atoms with Gasteiger partial charge in [-0.2, -0.15) is 0 Å². The van der Waals surface area contributed by atoms with E-state index in [9.17, 15) is 4.79 Å². The highest BCUT2D eigenvalue weighted by atomic mass is 35.5. The van der Waals surface area contributed by atoms with Crippen molar-refractivity contribution >= 4 is 57.6 Å². The molecule has 2 aromatic rings. The van der Waals surface area contributed by atoms with E-state index in [1.54, 1.807) is 17.0 Å². The molecule has 1 heterocycles. The van der Waals surface area contributed by atoms with Gasteiger partial charge in [-0.05, 0) is 41.8 Å². The summed E-state index contributed by atoms with van der Waals surface area (Å²) in [6.07, 6.45) is 2.70. The van der Waals surface area contributed by atoms with Crippen LogP contribution in [0, 0.1) is 0 Å². The van der Waals surface area contributed by atoms with Crippen molar-refractivity contribution in [2.24, 2.45) is 0 Å². The van der Waals surface area contributed by atoms with Crippen LogP contribution in [0.15, 0.2) is 53.4 Å². The summed E-state index contributed by atoms with van der Waals surface area (Å²) in [6.45, 7) is 2.07. The van der Waals surface area contributed by atoms with Gasteiger partial charge in [0.1, 0.15) is 0 Å². The van der Waals surface area contributed by atoms with Gasteiger partial charge in [0.15, 0.2) is 4.32 Å². The zero-order valence-corrected chi connectivity index (χ0v) is 14.8. The largest absolute Gasteiger partial charge is 0.270 e. The van der Waals surface area contributed by atoms with E-state index in [0.717, 1.165) is 23.2 Å². The fraction of sp³-hybridized carbons (Fsp3) is 0.111. The summed E-state index contributed by atoms with van der Waals surface area (Å²) in [4.78, 5) is 15.0. The maximum absolute atomic E-state index is 12.8. The molecule has 1 aliphatic heterocycles. The van der Waals surface area contributed by atoms with Crippen LogP contribution in [0.2, 0.25) is 5.02 Å². The number of carbonyl (C=O) groups is 1. The van der Waals surface area contributed by atoms with Gasteiger partial charge in [-0.3, -0.25) is 9.69 Å². The number of hydrogen-bond acceptors (Lipinski definition) is 3. The second-order valence-corrected chi connectivity index (χ2v) is 7.16. The molecule has 2 aromatic carbocycles. The number of benzene rings is 2. The first kappa shape index (κ1) is 16.2. The number of halogens is 1. The van der Waals surface area contributed by atoms with Crippen molar-refractivity contribution in [1.29, 1.82) is 0 Å². The van der Waals surface area contributed by atoms with E-state index in [0.29, 0.717) is 14.2 Å². The third-order valence-corrected chi connectivity index (χ3v) is 5.13. The summed E-state index contributed by atoms with van der Waals surface area (Å²) < 4.78 is 0.566. The number of carbonyl (C=O) groups excluding carboxylic acids is 1. The predicted molar refractivity (Wildman–Crippen MR) is 103 cm³/mol. The van der Waals surface area contributed by atoms with Crippen molar-refractivity contribution < 1.29 is 4.79 Å². The van der Waals surface area contributed by atoms with E-state index >= 15 is 0 Å². The summed E-state index contributed by atoms with van der Waals surface area (Å²) in [6, 6.07) is 15.2. The minimum Gasteiger partial charge on any atom is -0.268 e. The van der Waals surface area contributed by atoms with Crippen LogP contribution < -0.4 is 4.90 Å². The zero-order chi connectivity index (χ0) is 16.4. The first-order valence-corrected chi connectivity index (χ1v) is 8.82. The molecule has 116 valence electrons. The molecule has 1 saturated heterocycles. The Bertz CT molecular complexity index is 799. The lowest BCUT2D eigenvalue weighted by atomic mass is 10.1. The quantitative estimate of drug-likeness (QED) is 0.547. The molecule has 1 amide bonds. The monoisotopic (exact) mass is 359 g/mol. The lowest BCUT2D eigenvalue weighted by Crippen LogP contribution is -2.28. The minimum atomic E-state index is -0.0733. The molecule has 2 nitrogen and oxygen atoms in total. The summed E-state index contributed by atoms with van der Waals surface area (Å²) in [7, 11) is 0. The van der Waals surface area contributed by atoms with E-state index in [1.165, 1.54) is 11.8 Å². The molecule has 0 unspecified atom stereocenters. The zero-order valence-electron chi connectivity index (χ0n) is 12.5. The van der Waals surface area contributed by atoms with Gasteiger partial charge in [0.05, 0.1) is 10.6 Å². The fourth-order valence-corrected chi connectivity index (χ4v) is 3.82. The van der Waals surface area contributed by atoms with Crippen LogP contribution in [-0.4, -0.2) is 10.2 Å². The van der Waals surface area contributed by atoms with Gasteiger partial charge >= 0.3 is 0 Å². The second kappa shape index (κ2) is 6.87. The van der Waals surface area contributed by atoms with Gasteiger partial charge in [-0.1, -0.05) is 72.8 Å². The topological polar surface area (TPSA) is 20.3 Å². The molecule has 0 spiro atoms. The average Bonchev–Trinajstić information content (AvgIpc) is 2.83. The molecule has 0 N–H and O–H groups in total. The third-order valence-electron chi connectivity index (χ3n) is 3.57. The normalized spacial score (nSPS) is 16.4. The van der Waals surface area contributed by atoms with Gasteiger partial charge in [-0.25, -0.2) is 0 Å². The molecule has 5 heteroatoms. The van der Waals surface area contributed by atoms with Gasteiger partial charge in [-0.15, -0.1) is 0 Å². The van der Waals surface area contributed by atoms with Crippen LogP contribution in [0.1, 0.15) is 18.1 Å². The molecule has 0 aromatic heterocycles. The first-order chi connectivity index (χ1) is 11.1. The van der Waals surface area contributed by atoms with Gasteiger partial charge in [0.2, 0.25) is 0 Å². The molecule has 3 rings (SSSR count). The molecule has 0 saturated carbocycles. The molecule has 0 bridgehead atoms. The van der Waals surface area contributed by atoms with Crippen LogP contribution in [-0.2, 0) is 11.2 Å². The molecule has 0 aliphatic carbocycles. The SMILES string of the molecule is CCc1ccccc1N1C(=O)/C(=C/c2ccc(Cl)cc2)SC1=S. The Kier molecular flexibility index (Phi) is 4.85. The number of amides is 1. The van der Waals surface area contributed by atoms with E-state index in [2.05, 4.69) is 6.92 Å². The number of aryl methyl sites for hydroxylation is 1. The Hall–Kier alpha value is -1.62. The molecule has 1 aliphatic rings. The van der Waals surface area contributed by atoms with Gasteiger partial charge in [0.25, 0.3) is 5.91 Å². The second-order valence-electron chi connectivity index (χ2n) is 5.05. The van der Waals surface area contributed by atoms with Crippen molar-refractivity contribution in [1.82, 2.24) is 0 Å². The van der Waals surface area contributed by atoms with E-state index in [4.69, 9.17) is 23.8 Å². The van der Waals surface area contributed by atoms with Crippen LogP contribution in [0.4, 0.5) is 5.69 Å². The van der Waals surface area contributed by atoms with Crippen LogP contribution in [0.3, 0.4) is 0 Å². The maximum atomic E-state index is 12.8. The smallest absolute Gasteiger partial charge is 0.268 e. The molecular weight excluding hydrogens is 346 g/mol. The molecule has 1 fully saturated rings. The number of hydrogen-bond donors (Lipinski definition) is 0. The third kappa shape index (κ3) is 3.34. The van der Waals surface area contributed by atoms with Crippen molar-refractivity contribution in [3.05, 3.63) is 69.6 Å². The van der Waals surface area contributed by atoms with Crippen molar-refractivity contribution in [2.75, 3.05) is 4.90 Å². The highest BCUT2D eigenvalue weighted by Crippen LogP contribution is 2.37. The summed E-state index contributed by atoms with van der Waals surface area (Å²) in [5.74, 6) is -0.0733. The van der Waals surface area contributed by atoms with Crippen molar-refractivity contribution in [3.63, 3.8) is 0 Å². The standard InChI is InChI=1S/C18H14ClNOS2/c1-2-13-5-3-4-6-15(13)20-17(21)16(23-18(20)22)11-12-7-9-14(19)10-8-12/h3-11H,2H2,1H3/b16-11-. The highest BCUT2D eigenvalue weighted by molar-refractivity contribution is 8.27. The molecule has 0 atom stereocenters. The van der Waals surface area contributed by atoms with Crippen molar-refractivity contribution in [3.8, 4) is 0 Å². The number of thiocarbonyl (C=S) groups is 1. The van der Waals surface area contributed by atoms with E-state index < -0.39 is 0 Å². The first-order valence-electron chi connectivity index (χ1n) is 7.21. The highest BCUT2D eigenvalue weighted by Gasteiger charge is 2.34. The number of anilines is 1. The maximum Gasteiger partial charge on any atom is 0.270 e. The Morgan fingerprint density at radius 1 is 1.17 bits per heavy atom. The molecule has 0 radical (unpaired) electrons. The fourth-order valence-electron chi connectivity index (χ4n) is 2.41. The average molecular weight is 360 g/mol. The minimum absolute atomic E-state index is 0.0733. The number of thioether (sulfide) groups is 1. The van der Waals surface area contributed by atoms with Gasteiger partial charge in [0, 0.05) is 5.02 Å². The number of rotatable bonds is 3. The van der Waals surface area contributed by atoms with Gasteiger partial charge < -0.3 is 0 Å². The lowest BCUT2D eigenvalue weighted by Gasteiger charge is -2.18. The van der Waals surface area contributed by atoms with Crippen molar-refractivity contribution in [2.45, 2.75) is 13.3 Å². The Morgan fingerprint density at radius 3 is 2.57 bits per heavy atom. The van der Waals surface area contributed by atoms with Crippen LogP contribution in [0.25, 0.3) is 6.08 Å². The lowest BCUT2D eigenvalue weighted by molar-refractivity contribution is -0.113. The molecule has 23 heavy (non-hydrogen) atoms. The number of para-hydroxylation sites is 1. The Morgan fingerprint density at radius 2 is 1.87 bits per heavy atom. The molecular formula is C18H14ClNOS2.